The molecule has 0 spiro atoms. The van der Waals surface area contributed by atoms with E-state index in [2.05, 4.69) is 10.3 Å². The maximum absolute atomic E-state index is 12.6. The van der Waals surface area contributed by atoms with Crippen molar-refractivity contribution in [3.8, 4) is 5.75 Å². The van der Waals surface area contributed by atoms with Gasteiger partial charge < -0.3 is 10.5 Å². The van der Waals surface area contributed by atoms with E-state index in [1.54, 1.807) is 7.11 Å². The molecule has 0 aliphatic carbocycles. The fraction of sp³-hybridized carbons (Fsp3) is 0.222. The van der Waals surface area contributed by atoms with Crippen LogP contribution in [0.3, 0.4) is 0 Å². The lowest BCUT2D eigenvalue weighted by Crippen LogP contribution is -2.40. The van der Waals surface area contributed by atoms with Gasteiger partial charge in [-0.05, 0) is 30.2 Å². The van der Waals surface area contributed by atoms with Gasteiger partial charge in [0.2, 0.25) is 0 Å². The Kier molecular flexibility index (Phi) is 3.78. The monoisotopic (exact) mass is 309 g/mol. The molecule has 1 aliphatic rings. The molecule has 0 aromatic heterocycles. The second-order valence-corrected chi connectivity index (χ2v) is 5.70. The minimum absolute atomic E-state index is 0.157. The van der Waals surface area contributed by atoms with Gasteiger partial charge in [-0.1, -0.05) is 42.0 Å². The maximum Gasteiger partial charge on any atom is 0.259 e. The highest BCUT2D eigenvalue weighted by Crippen LogP contribution is 2.33. The average molecular weight is 309 g/mol. The molecular formula is C18H19N3O2. The number of carbonyl (C=O) groups is 1. The summed E-state index contributed by atoms with van der Waals surface area (Å²) in [5.74, 6) is 0.732. The van der Waals surface area contributed by atoms with E-state index in [0.717, 1.165) is 22.4 Å². The number of nitrogens with one attached hydrogen (secondary N) is 1. The Morgan fingerprint density at radius 2 is 1.78 bits per heavy atom. The van der Waals surface area contributed by atoms with Crippen molar-refractivity contribution >= 4 is 11.9 Å². The molecule has 1 amide bonds. The molecule has 3 rings (SSSR count). The van der Waals surface area contributed by atoms with Crippen LogP contribution in [0.15, 0.2) is 53.5 Å². The molecule has 0 saturated carbocycles. The van der Waals surface area contributed by atoms with Gasteiger partial charge in [0.15, 0.2) is 11.5 Å². The number of benzene rings is 2. The number of rotatable bonds is 4. The van der Waals surface area contributed by atoms with Gasteiger partial charge in [0.1, 0.15) is 5.75 Å². The van der Waals surface area contributed by atoms with E-state index in [0.29, 0.717) is 6.42 Å². The smallest absolute Gasteiger partial charge is 0.259 e. The Balaban J connectivity index is 2.02. The van der Waals surface area contributed by atoms with Crippen LogP contribution in [0.25, 0.3) is 0 Å². The van der Waals surface area contributed by atoms with Crippen LogP contribution < -0.4 is 15.8 Å². The van der Waals surface area contributed by atoms with Gasteiger partial charge in [-0.2, -0.15) is 0 Å². The third-order valence-corrected chi connectivity index (χ3v) is 4.08. The SMILES string of the molecule is COc1ccc(CC2(c3ccc(C)cc3)N=C(N)NC2=O)cc1. The van der Waals surface area contributed by atoms with Gasteiger partial charge in [0, 0.05) is 6.42 Å². The lowest BCUT2D eigenvalue weighted by Gasteiger charge is -2.24. The van der Waals surface area contributed by atoms with Crippen LogP contribution in [0.4, 0.5) is 0 Å². The van der Waals surface area contributed by atoms with E-state index >= 15 is 0 Å². The fourth-order valence-electron chi connectivity index (χ4n) is 2.79. The van der Waals surface area contributed by atoms with Gasteiger partial charge in [-0.3, -0.25) is 10.1 Å². The first-order valence-electron chi connectivity index (χ1n) is 7.40. The highest BCUT2D eigenvalue weighted by molar-refractivity contribution is 6.07. The Morgan fingerprint density at radius 1 is 1.13 bits per heavy atom. The number of hydrogen-bond donors (Lipinski definition) is 2. The summed E-state index contributed by atoms with van der Waals surface area (Å²) in [7, 11) is 1.62. The Bertz CT molecular complexity index is 751. The molecule has 5 nitrogen and oxygen atoms in total. The molecule has 1 aliphatic heterocycles. The molecular weight excluding hydrogens is 290 g/mol. The molecule has 2 aromatic rings. The number of methoxy groups -OCH3 is 1. The highest BCUT2D eigenvalue weighted by Gasteiger charge is 2.44. The Hall–Kier alpha value is -2.82. The molecule has 0 radical (unpaired) electrons. The Labute approximate surface area is 135 Å². The quantitative estimate of drug-likeness (QED) is 0.905. The maximum atomic E-state index is 12.6. The Morgan fingerprint density at radius 3 is 2.30 bits per heavy atom. The van der Waals surface area contributed by atoms with Crippen LogP contribution in [-0.2, 0) is 16.8 Å². The zero-order valence-electron chi connectivity index (χ0n) is 13.2. The van der Waals surface area contributed by atoms with Crippen LogP contribution >= 0.6 is 0 Å². The predicted octanol–water partition coefficient (Wildman–Crippen LogP) is 1.89. The molecule has 118 valence electrons. The number of aliphatic imine (C=N–C) groups is 1. The molecule has 3 N–H and O–H groups in total. The predicted molar refractivity (Wildman–Crippen MR) is 89.3 cm³/mol. The van der Waals surface area contributed by atoms with E-state index in [4.69, 9.17) is 10.5 Å². The van der Waals surface area contributed by atoms with Crippen LogP contribution in [0.1, 0.15) is 16.7 Å². The molecule has 5 heteroatoms. The third kappa shape index (κ3) is 2.77. The normalized spacial score (nSPS) is 20.1. The third-order valence-electron chi connectivity index (χ3n) is 4.08. The number of nitrogens with two attached hydrogens (primary N) is 1. The number of hydrogen-bond acceptors (Lipinski definition) is 4. The number of amides is 1. The number of aryl methyl sites for hydroxylation is 1. The van der Waals surface area contributed by atoms with Gasteiger partial charge in [0.05, 0.1) is 7.11 Å². The first-order valence-corrected chi connectivity index (χ1v) is 7.40. The van der Waals surface area contributed by atoms with Crippen molar-refractivity contribution in [2.75, 3.05) is 7.11 Å². The van der Waals surface area contributed by atoms with Gasteiger partial charge in [-0.25, -0.2) is 4.99 Å². The van der Waals surface area contributed by atoms with Gasteiger partial charge in [-0.15, -0.1) is 0 Å². The first-order chi connectivity index (χ1) is 11.0. The summed E-state index contributed by atoms with van der Waals surface area (Å²) in [5.41, 5.74) is 7.69. The second kappa shape index (κ2) is 5.76. The number of ether oxygens (including phenoxy) is 1. The molecule has 0 fully saturated rings. The molecule has 1 heterocycles. The lowest BCUT2D eigenvalue weighted by molar-refractivity contribution is -0.124. The summed E-state index contributed by atoms with van der Waals surface area (Å²) < 4.78 is 5.17. The van der Waals surface area contributed by atoms with E-state index in [9.17, 15) is 4.79 Å². The molecule has 2 aromatic carbocycles. The summed E-state index contributed by atoms with van der Waals surface area (Å²) in [6, 6.07) is 15.4. The van der Waals surface area contributed by atoms with Gasteiger partial charge >= 0.3 is 0 Å². The van der Waals surface area contributed by atoms with Crippen molar-refractivity contribution in [1.29, 1.82) is 0 Å². The van der Waals surface area contributed by atoms with E-state index in [-0.39, 0.29) is 11.9 Å². The van der Waals surface area contributed by atoms with Crippen molar-refractivity contribution in [2.45, 2.75) is 18.9 Å². The minimum atomic E-state index is -1.02. The summed E-state index contributed by atoms with van der Waals surface area (Å²) in [6.07, 6.45) is 0.437. The summed E-state index contributed by atoms with van der Waals surface area (Å²) in [4.78, 5) is 17.0. The highest BCUT2D eigenvalue weighted by atomic mass is 16.5. The zero-order chi connectivity index (χ0) is 16.4. The van der Waals surface area contributed by atoms with E-state index in [1.807, 2.05) is 55.5 Å². The topological polar surface area (TPSA) is 76.7 Å². The van der Waals surface area contributed by atoms with Crippen LogP contribution in [0, 0.1) is 6.92 Å². The van der Waals surface area contributed by atoms with Crippen molar-refractivity contribution in [3.05, 3.63) is 65.2 Å². The lowest BCUT2D eigenvalue weighted by atomic mass is 9.83. The van der Waals surface area contributed by atoms with E-state index < -0.39 is 5.54 Å². The zero-order valence-corrected chi connectivity index (χ0v) is 13.2. The minimum Gasteiger partial charge on any atom is -0.497 e. The number of carbonyl (C=O) groups excluding carboxylic acids is 1. The molecule has 0 saturated heterocycles. The van der Waals surface area contributed by atoms with Crippen LogP contribution in [0.5, 0.6) is 5.75 Å². The second-order valence-electron chi connectivity index (χ2n) is 5.70. The molecule has 1 atom stereocenters. The summed E-state index contributed by atoms with van der Waals surface area (Å²) >= 11 is 0. The number of guanidine groups is 1. The fourth-order valence-corrected chi connectivity index (χ4v) is 2.79. The summed E-state index contributed by atoms with van der Waals surface area (Å²) in [6.45, 7) is 2.01. The van der Waals surface area contributed by atoms with Gasteiger partial charge in [0.25, 0.3) is 5.91 Å². The van der Waals surface area contributed by atoms with Crippen LogP contribution in [-0.4, -0.2) is 19.0 Å². The molecule has 0 bridgehead atoms. The van der Waals surface area contributed by atoms with Crippen molar-refractivity contribution < 1.29 is 9.53 Å². The average Bonchev–Trinajstić information content (AvgIpc) is 2.83. The first kappa shape index (κ1) is 15.1. The number of nitrogens with zero attached hydrogens (tertiary/aromatic N) is 1. The summed E-state index contributed by atoms with van der Waals surface area (Å²) in [5, 5.41) is 2.63. The van der Waals surface area contributed by atoms with Crippen LogP contribution in [0.2, 0.25) is 0 Å². The van der Waals surface area contributed by atoms with Crippen molar-refractivity contribution in [2.24, 2.45) is 10.7 Å². The molecule has 23 heavy (non-hydrogen) atoms. The standard InChI is InChI=1S/C18H19N3O2/c1-12-3-7-14(8-4-12)18(16(22)20-17(19)21-18)11-13-5-9-15(23-2)10-6-13/h3-10H,11H2,1-2H3,(H3,19,20,21,22). The van der Waals surface area contributed by atoms with Crippen molar-refractivity contribution in [3.63, 3.8) is 0 Å². The van der Waals surface area contributed by atoms with Crippen molar-refractivity contribution in [1.82, 2.24) is 5.32 Å². The van der Waals surface area contributed by atoms with E-state index in [1.165, 1.54) is 0 Å². The molecule has 1 unspecified atom stereocenters. The largest absolute Gasteiger partial charge is 0.497 e.